The van der Waals surface area contributed by atoms with Crippen molar-refractivity contribution in [2.45, 2.75) is 18.7 Å². The number of carbonyl (C=O) groups is 3. The molecule has 3 amide bonds. The van der Waals surface area contributed by atoms with Crippen LogP contribution in [0.15, 0.2) is 65.6 Å². The monoisotopic (exact) mass is 544 g/mol. The van der Waals surface area contributed by atoms with Gasteiger partial charge in [0.15, 0.2) is 6.54 Å². The third-order valence-corrected chi connectivity index (χ3v) is 7.75. The van der Waals surface area contributed by atoms with Crippen molar-refractivity contribution in [2.24, 2.45) is 5.41 Å². The van der Waals surface area contributed by atoms with Gasteiger partial charge in [0.05, 0.1) is 30.1 Å². The Kier molecular flexibility index (Phi) is 8.52. The van der Waals surface area contributed by atoms with Gasteiger partial charge >= 0.3 is 12.0 Å². The van der Waals surface area contributed by atoms with Gasteiger partial charge in [-0.1, -0.05) is 18.2 Å². The fourth-order valence-corrected chi connectivity index (χ4v) is 5.41. The minimum absolute atomic E-state index is 0.0222. The van der Waals surface area contributed by atoms with Gasteiger partial charge < -0.3 is 20.7 Å². The second-order valence-electron chi connectivity index (χ2n) is 9.62. The van der Waals surface area contributed by atoms with E-state index in [9.17, 15) is 22.8 Å². The summed E-state index contributed by atoms with van der Waals surface area (Å²) in [7, 11) is -0.443. The summed E-state index contributed by atoms with van der Waals surface area (Å²) < 4.78 is 33.2. The number of urea groups is 1. The minimum atomic E-state index is -4.33. The number of fused-ring (bicyclic) bond motifs is 1. The zero-order valence-corrected chi connectivity index (χ0v) is 22.7. The van der Waals surface area contributed by atoms with Crippen LogP contribution in [-0.4, -0.2) is 53.6 Å². The van der Waals surface area contributed by atoms with Gasteiger partial charge in [0.1, 0.15) is 12.3 Å². The summed E-state index contributed by atoms with van der Waals surface area (Å²) in [4.78, 5) is 37.6. The zero-order valence-electron chi connectivity index (χ0n) is 21.9. The van der Waals surface area contributed by atoms with Crippen LogP contribution in [0.5, 0.6) is 0 Å². The lowest BCUT2D eigenvalue weighted by Crippen LogP contribution is -3.00. The number of benzene rings is 3. The molecule has 202 valence electrons. The summed E-state index contributed by atoms with van der Waals surface area (Å²) >= 11 is 0. The van der Waals surface area contributed by atoms with E-state index in [1.165, 1.54) is 30.3 Å². The summed E-state index contributed by atoms with van der Waals surface area (Å²) in [5.41, 5.74) is 7.14. The quantitative estimate of drug-likeness (QED) is 0.275. The van der Waals surface area contributed by atoms with E-state index in [4.69, 9.17) is 4.74 Å². The van der Waals surface area contributed by atoms with Crippen molar-refractivity contribution < 1.29 is 43.9 Å². The molecule has 0 aliphatic rings. The van der Waals surface area contributed by atoms with E-state index in [-0.39, 0.29) is 23.7 Å². The number of hydrogen-bond donors (Lipinski definition) is 4. The van der Waals surface area contributed by atoms with Crippen LogP contribution in [0.4, 0.5) is 21.9 Å². The number of ether oxygens (including phenoxy) is 1. The van der Waals surface area contributed by atoms with E-state index in [0.717, 1.165) is 16.0 Å². The van der Waals surface area contributed by atoms with Crippen molar-refractivity contribution in [1.82, 2.24) is 0 Å². The Morgan fingerprint density at radius 2 is 1.58 bits per heavy atom. The minimum Gasteiger partial charge on any atom is -0.460 e. The molecule has 0 heterocycles. The van der Waals surface area contributed by atoms with E-state index in [1.807, 2.05) is 26.2 Å². The molecule has 0 aromatic heterocycles. The molecule has 0 fully saturated rings. The van der Waals surface area contributed by atoms with Crippen LogP contribution in [0, 0.1) is 5.41 Å². The van der Waals surface area contributed by atoms with Gasteiger partial charge in [-0.15, -0.1) is 0 Å². The third kappa shape index (κ3) is 6.00. The molecule has 0 saturated carbocycles. The molecule has 0 spiro atoms. The molecule has 0 saturated heterocycles. The molecule has 3 aromatic rings. The Hall–Kier alpha value is -3.84. The number of sulfonamides is 1. The number of hydrogen-bond acceptors (Lipinski definition) is 6. The van der Waals surface area contributed by atoms with Crippen LogP contribution in [0.1, 0.15) is 13.8 Å². The maximum absolute atomic E-state index is 13.8. The first-order valence-electron chi connectivity index (χ1n) is 11.9. The van der Waals surface area contributed by atoms with Gasteiger partial charge in [0.2, 0.25) is 5.91 Å². The van der Waals surface area contributed by atoms with Crippen LogP contribution in [-0.2, 0) is 24.3 Å². The Morgan fingerprint density at radius 3 is 2.16 bits per heavy atom. The summed E-state index contributed by atoms with van der Waals surface area (Å²) in [5.74, 6) is -0.922. The van der Waals surface area contributed by atoms with Crippen LogP contribution < -0.4 is 26.0 Å². The lowest BCUT2D eigenvalue weighted by atomic mass is 9.93. The zero-order chi connectivity index (χ0) is 28.3. The summed E-state index contributed by atoms with van der Waals surface area (Å²) in [6, 6.07) is 15.2. The number of carbonyl (C=O) groups excluding carboxylic acids is 3. The molecule has 11 nitrogen and oxygen atoms in total. The summed E-state index contributed by atoms with van der Waals surface area (Å²) in [5, 5.41) is 3.96. The lowest BCUT2D eigenvalue weighted by molar-refractivity contribution is -0.785. The normalized spacial score (nSPS) is 11.9. The first-order valence-corrected chi connectivity index (χ1v) is 13.3. The first-order chi connectivity index (χ1) is 17.8. The van der Waals surface area contributed by atoms with E-state index >= 15 is 0 Å². The van der Waals surface area contributed by atoms with Gasteiger partial charge in [-0.25, -0.2) is 18.0 Å². The van der Waals surface area contributed by atoms with Crippen molar-refractivity contribution in [3.05, 3.63) is 60.7 Å². The van der Waals surface area contributed by atoms with Crippen molar-refractivity contribution in [3.63, 3.8) is 0 Å². The van der Waals surface area contributed by atoms with Gasteiger partial charge in [-0.3, -0.25) is 10.5 Å². The molecule has 0 atom stereocenters. The SMILES string of the molecule is C[NH+](C)c1cccc2c(S(=O)(=O)N(C([NH3+])=O)c3ccc(NC(=O)C(C)(C)COC(=O)C[NH3+])cc3)cccc12. The molecular formula is C26H34N5O6S+3. The number of quaternary nitrogens is 3. The van der Waals surface area contributed by atoms with Crippen LogP contribution in [0.2, 0.25) is 0 Å². The van der Waals surface area contributed by atoms with E-state index in [0.29, 0.717) is 15.4 Å². The molecule has 0 aliphatic carbocycles. The van der Waals surface area contributed by atoms with Crippen LogP contribution in [0.3, 0.4) is 0 Å². The molecule has 0 unspecified atom stereocenters. The van der Waals surface area contributed by atoms with Gasteiger partial charge in [0.25, 0.3) is 10.0 Å². The molecule has 3 rings (SSSR count). The molecule has 12 heteroatoms. The molecule has 38 heavy (non-hydrogen) atoms. The van der Waals surface area contributed by atoms with Crippen molar-refractivity contribution >= 4 is 55.8 Å². The van der Waals surface area contributed by atoms with Crippen molar-refractivity contribution in [2.75, 3.05) is 36.9 Å². The second kappa shape index (κ2) is 11.3. The van der Waals surface area contributed by atoms with Crippen molar-refractivity contribution in [1.29, 1.82) is 0 Å². The predicted molar refractivity (Wildman–Crippen MR) is 142 cm³/mol. The van der Waals surface area contributed by atoms with Crippen molar-refractivity contribution in [3.8, 4) is 0 Å². The molecule has 3 aromatic carbocycles. The lowest BCUT2D eigenvalue weighted by Gasteiger charge is -2.23. The maximum atomic E-state index is 13.8. The second-order valence-corrected chi connectivity index (χ2v) is 11.4. The van der Waals surface area contributed by atoms with Gasteiger partial charge in [0, 0.05) is 16.5 Å². The predicted octanol–water partition coefficient (Wildman–Crippen LogP) is -0.0772. The number of amides is 3. The highest BCUT2D eigenvalue weighted by Gasteiger charge is 2.34. The highest BCUT2D eigenvalue weighted by atomic mass is 32.2. The standard InChI is InChI=1S/C26H31N5O6S/c1-26(2,16-37-23(32)15-27)24(33)29-17-11-13-18(14-12-17)31(25(28)34)38(35,36)22-10-6-7-19-20(22)8-5-9-21(19)30(3)4/h5-14H,15-16,27H2,1-4H3,(H2,28,34)(H,29,33)/p+3. The fourth-order valence-electron chi connectivity index (χ4n) is 3.84. The van der Waals surface area contributed by atoms with Crippen LogP contribution >= 0.6 is 0 Å². The molecule has 0 aliphatic heterocycles. The largest absolute Gasteiger partial charge is 0.460 e. The van der Waals surface area contributed by atoms with Crippen LogP contribution in [0.25, 0.3) is 10.8 Å². The average molecular weight is 545 g/mol. The maximum Gasteiger partial charge on any atom is 0.432 e. The number of rotatable bonds is 9. The van der Waals surface area contributed by atoms with E-state index in [2.05, 4.69) is 16.8 Å². The molecular weight excluding hydrogens is 510 g/mol. The molecule has 8 N–H and O–H groups in total. The smallest absolute Gasteiger partial charge is 0.432 e. The number of esters is 1. The summed E-state index contributed by atoms with van der Waals surface area (Å²) in [6.45, 7) is 3.07. The molecule has 0 radical (unpaired) electrons. The number of anilines is 2. The van der Waals surface area contributed by atoms with E-state index in [1.54, 1.807) is 32.0 Å². The van der Waals surface area contributed by atoms with E-state index < -0.39 is 33.3 Å². The van der Waals surface area contributed by atoms with Gasteiger partial charge in [-0.05, 0) is 56.3 Å². The fraction of sp³-hybridized carbons (Fsp3) is 0.269. The topological polar surface area (TPSA) is 170 Å². The first kappa shape index (κ1) is 28.7. The average Bonchev–Trinajstić information content (AvgIpc) is 2.87. The van der Waals surface area contributed by atoms with Gasteiger partial charge in [-0.2, -0.15) is 4.31 Å². The Bertz CT molecular complexity index is 1470. The number of nitrogens with one attached hydrogen (secondary N) is 2. The number of nitrogens with zero attached hydrogens (tertiary/aromatic N) is 1. The molecule has 0 bridgehead atoms. The Labute approximate surface area is 221 Å². The highest BCUT2D eigenvalue weighted by Crippen LogP contribution is 2.32. The Morgan fingerprint density at radius 1 is 0.974 bits per heavy atom. The highest BCUT2D eigenvalue weighted by molar-refractivity contribution is 7.93. The Balaban J connectivity index is 1.92. The summed E-state index contributed by atoms with van der Waals surface area (Å²) in [6.07, 6.45) is 0. The third-order valence-electron chi connectivity index (χ3n) is 5.94.